The zero-order valence-electron chi connectivity index (χ0n) is 11.0. The molecular formula is C11H19N3O5S. The van der Waals surface area contributed by atoms with Gasteiger partial charge in [-0.2, -0.15) is 0 Å². The van der Waals surface area contributed by atoms with E-state index in [1.807, 2.05) is 5.32 Å². The third kappa shape index (κ3) is 4.48. The molecule has 114 valence electrons. The lowest BCUT2D eigenvalue weighted by Gasteiger charge is -2.13. The summed E-state index contributed by atoms with van der Waals surface area (Å²) in [5.41, 5.74) is 9.79. The topological polar surface area (TPSA) is 149 Å². The summed E-state index contributed by atoms with van der Waals surface area (Å²) in [4.78, 5) is 33.3. The predicted molar refractivity (Wildman–Crippen MR) is 71.0 cm³/mol. The lowest BCUT2D eigenvalue weighted by molar-refractivity contribution is -0.133. The molecule has 9 heteroatoms. The van der Waals surface area contributed by atoms with Crippen molar-refractivity contribution in [2.24, 2.45) is 11.5 Å². The lowest BCUT2D eigenvalue weighted by atomic mass is 10.2. The standard InChI is InChI=1S/C11H19N3O5S/c12-10(16)9(11(13)17)14-8(15)5-6-20(18,19)7-3-1-2-4-7/h7,9H,1-6H2,(H2,12,16)(H2,13,17)(H,14,15). The van der Waals surface area contributed by atoms with Gasteiger partial charge in [-0.1, -0.05) is 12.8 Å². The van der Waals surface area contributed by atoms with Crippen molar-refractivity contribution in [3.05, 3.63) is 0 Å². The van der Waals surface area contributed by atoms with E-state index in [2.05, 4.69) is 0 Å². The van der Waals surface area contributed by atoms with Gasteiger partial charge in [-0.05, 0) is 12.8 Å². The van der Waals surface area contributed by atoms with Gasteiger partial charge in [0.25, 0.3) is 0 Å². The number of primary amides is 2. The van der Waals surface area contributed by atoms with E-state index >= 15 is 0 Å². The molecule has 0 saturated heterocycles. The van der Waals surface area contributed by atoms with E-state index in [-0.39, 0.29) is 12.2 Å². The summed E-state index contributed by atoms with van der Waals surface area (Å²) in [5, 5.41) is 1.64. The van der Waals surface area contributed by atoms with Crippen LogP contribution in [0.15, 0.2) is 0 Å². The summed E-state index contributed by atoms with van der Waals surface area (Å²) in [6.45, 7) is 0. The summed E-state index contributed by atoms with van der Waals surface area (Å²) in [6.07, 6.45) is 2.67. The number of carbonyl (C=O) groups is 3. The Balaban J connectivity index is 2.50. The van der Waals surface area contributed by atoms with E-state index < -0.39 is 38.9 Å². The van der Waals surface area contributed by atoms with Crippen LogP contribution in [0.5, 0.6) is 0 Å². The molecule has 5 N–H and O–H groups in total. The monoisotopic (exact) mass is 305 g/mol. The maximum Gasteiger partial charge on any atom is 0.249 e. The smallest absolute Gasteiger partial charge is 0.249 e. The second-order valence-corrected chi connectivity index (χ2v) is 7.23. The number of carbonyl (C=O) groups excluding carboxylic acids is 3. The van der Waals surface area contributed by atoms with Gasteiger partial charge in [-0.25, -0.2) is 8.42 Å². The number of nitrogens with two attached hydrogens (primary N) is 2. The molecule has 0 heterocycles. The van der Waals surface area contributed by atoms with E-state index in [4.69, 9.17) is 11.5 Å². The molecule has 0 aromatic rings. The van der Waals surface area contributed by atoms with Crippen LogP contribution in [0, 0.1) is 0 Å². The molecule has 0 aromatic carbocycles. The zero-order chi connectivity index (χ0) is 15.3. The van der Waals surface area contributed by atoms with Crippen LogP contribution in [-0.2, 0) is 24.2 Å². The van der Waals surface area contributed by atoms with Crippen molar-refractivity contribution in [3.8, 4) is 0 Å². The van der Waals surface area contributed by atoms with Crippen molar-refractivity contribution in [1.29, 1.82) is 0 Å². The molecule has 0 aliphatic heterocycles. The summed E-state index contributed by atoms with van der Waals surface area (Å²) in [6, 6.07) is -1.61. The molecule has 1 saturated carbocycles. The van der Waals surface area contributed by atoms with Crippen molar-refractivity contribution in [3.63, 3.8) is 0 Å². The lowest BCUT2D eigenvalue weighted by Crippen LogP contribution is -2.52. The van der Waals surface area contributed by atoms with Gasteiger partial charge in [0.2, 0.25) is 17.7 Å². The molecule has 1 rings (SSSR count). The van der Waals surface area contributed by atoms with Crippen LogP contribution in [-0.4, -0.2) is 43.2 Å². The molecule has 1 aliphatic carbocycles. The van der Waals surface area contributed by atoms with Gasteiger partial charge in [0.15, 0.2) is 15.9 Å². The van der Waals surface area contributed by atoms with Crippen LogP contribution in [0.4, 0.5) is 0 Å². The van der Waals surface area contributed by atoms with E-state index in [1.54, 1.807) is 0 Å². The highest BCUT2D eigenvalue weighted by Crippen LogP contribution is 2.25. The van der Waals surface area contributed by atoms with Crippen LogP contribution >= 0.6 is 0 Å². The largest absolute Gasteiger partial charge is 0.367 e. The van der Waals surface area contributed by atoms with Crippen LogP contribution < -0.4 is 16.8 Å². The van der Waals surface area contributed by atoms with Crippen LogP contribution in [0.25, 0.3) is 0 Å². The third-order valence-electron chi connectivity index (χ3n) is 3.30. The highest BCUT2D eigenvalue weighted by molar-refractivity contribution is 7.92. The summed E-state index contributed by atoms with van der Waals surface area (Å²) < 4.78 is 23.9. The second kappa shape index (κ2) is 6.69. The van der Waals surface area contributed by atoms with Gasteiger partial charge in [0.1, 0.15) is 0 Å². The fourth-order valence-electron chi connectivity index (χ4n) is 2.16. The Morgan fingerprint density at radius 2 is 1.60 bits per heavy atom. The van der Waals surface area contributed by atoms with Crippen molar-refractivity contribution in [2.45, 2.75) is 43.4 Å². The minimum atomic E-state index is -3.32. The summed E-state index contributed by atoms with van der Waals surface area (Å²) in [7, 11) is -3.32. The van der Waals surface area contributed by atoms with Gasteiger partial charge in [0.05, 0.1) is 11.0 Å². The second-order valence-electron chi connectivity index (χ2n) is 4.83. The summed E-state index contributed by atoms with van der Waals surface area (Å²) in [5.74, 6) is -3.21. The molecule has 0 aromatic heterocycles. The highest BCUT2D eigenvalue weighted by atomic mass is 32.2. The molecule has 0 bridgehead atoms. The predicted octanol–water partition coefficient (Wildman–Crippen LogP) is -1.81. The average Bonchev–Trinajstić information content (AvgIpc) is 2.87. The van der Waals surface area contributed by atoms with Gasteiger partial charge >= 0.3 is 0 Å². The average molecular weight is 305 g/mol. The number of sulfone groups is 1. The molecule has 0 unspecified atom stereocenters. The third-order valence-corrected chi connectivity index (χ3v) is 5.56. The molecule has 8 nitrogen and oxygen atoms in total. The minimum absolute atomic E-state index is 0.312. The van der Waals surface area contributed by atoms with E-state index in [9.17, 15) is 22.8 Å². The minimum Gasteiger partial charge on any atom is -0.367 e. The van der Waals surface area contributed by atoms with Gasteiger partial charge in [0, 0.05) is 6.42 Å². The van der Waals surface area contributed by atoms with Gasteiger partial charge in [-0.3, -0.25) is 14.4 Å². The summed E-state index contributed by atoms with van der Waals surface area (Å²) >= 11 is 0. The van der Waals surface area contributed by atoms with E-state index in [0.29, 0.717) is 12.8 Å². The Morgan fingerprint density at radius 1 is 1.10 bits per heavy atom. The van der Waals surface area contributed by atoms with Gasteiger partial charge in [-0.15, -0.1) is 0 Å². The molecule has 0 spiro atoms. The fourth-order valence-corrected chi connectivity index (χ4v) is 4.02. The Kier molecular flexibility index (Phi) is 5.49. The van der Waals surface area contributed by atoms with Crippen LogP contribution in [0.1, 0.15) is 32.1 Å². The normalized spacial score (nSPS) is 16.2. The number of hydrogen-bond donors (Lipinski definition) is 3. The van der Waals surface area contributed by atoms with Crippen molar-refractivity contribution in [2.75, 3.05) is 5.75 Å². The first kappa shape index (κ1) is 16.4. The maximum atomic E-state index is 11.9. The molecule has 1 aliphatic rings. The number of rotatable bonds is 7. The molecule has 3 amide bonds. The highest BCUT2D eigenvalue weighted by Gasteiger charge is 2.30. The molecular weight excluding hydrogens is 286 g/mol. The SMILES string of the molecule is NC(=O)C(NC(=O)CCS(=O)(=O)C1CCCC1)C(N)=O. The van der Waals surface area contributed by atoms with Crippen molar-refractivity contribution < 1.29 is 22.8 Å². The molecule has 20 heavy (non-hydrogen) atoms. The Labute approximate surface area is 117 Å². The van der Waals surface area contributed by atoms with E-state index in [1.165, 1.54) is 0 Å². The molecule has 0 atom stereocenters. The zero-order valence-corrected chi connectivity index (χ0v) is 11.8. The van der Waals surface area contributed by atoms with Crippen molar-refractivity contribution >= 4 is 27.6 Å². The van der Waals surface area contributed by atoms with Gasteiger partial charge < -0.3 is 16.8 Å². The number of hydrogen-bond acceptors (Lipinski definition) is 5. The van der Waals surface area contributed by atoms with Crippen molar-refractivity contribution in [1.82, 2.24) is 5.32 Å². The number of nitrogens with one attached hydrogen (secondary N) is 1. The Morgan fingerprint density at radius 3 is 2.05 bits per heavy atom. The number of amides is 3. The Hall–Kier alpha value is -1.64. The first-order chi connectivity index (χ1) is 9.24. The molecule has 0 radical (unpaired) electrons. The maximum absolute atomic E-state index is 11.9. The first-order valence-corrected chi connectivity index (χ1v) is 8.05. The van der Waals surface area contributed by atoms with Crippen LogP contribution in [0.3, 0.4) is 0 Å². The first-order valence-electron chi connectivity index (χ1n) is 6.33. The molecule has 1 fully saturated rings. The quantitative estimate of drug-likeness (QED) is 0.474. The van der Waals surface area contributed by atoms with E-state index in [0.717, 1.165) is 12.8 Å². The Bertz CT molecular complexity index is 482. The fraction of sp³-hybridized carbons (Fsp3) is 0.727. The van der Waals surface area contributed by atoms with Crippen LogP contribution in [0.2, 0.25) is 0 Å².